The Bertz CT molecular complexity index is 497. The summed E-state index contributed by atoms with van der Waals surface area (Å²) < 4.78 is 1.14. The van der Waals surface area contributed by atoms with E-state index in [0.717, 1.165) is 4.47 Å². The van der Waals surface area contributed by atoms with Crippen molar-refractivity contribution in [2.75, 3.05) is 7.05 Å². The average Bonchev–Trinajstić information content (AvgIpc) is 2.37. The molecule has 0 aliphatic rings. The summed E-state index contributed by atoms with van der Waals surface area (Å²) in [5, 5.41) is 3.34. The van der Waals surface area contributed by atoms with Crippen molar-refractivity contribution in [3.05, 3.63) is 63.9 Å². The van der Waals surface area contributed by atoms with Crippen LogP contribution in [0.2, 0.25) is 0 Å². The third-order valence-corrected chi connectivity index (χ3v) is 3.79. The summed E-state index contributed by atoms with van der Waals surface area (Å²) >= 11 is 3.57. The lowest BCUT2D eigenvalue weighted by Crippen LogP contribution is -2.18. The highest BCUT2D eigenvalue weighted by atomic mass is 79.9. The van der Waals surface area contributed by atoms with E-state index in [1.807, 2.05) is 19.3 Å². The van der Waals surface area contributed by atoms with Gasteiger partial charge in [0.2, 0.25) is 0 Å². The molecule has 2 rings (SSSR count). The largest absolute Gasteiger partial charge is 0.309 e. The first-order valence-electron chi connectivity index (χ1n) is 5.56. The lowest BCUT2D eigenvalue weighted by Gasteiger charge is -2.19. The molecule has 88 valence electrons. The molecule has 1 atom stereocenters. The van der Waals surface area contributed by atoms with Gasteiger partial charge in [-0.3, -0.25) is 4.98 Å². The Morgan fingerprint density at radius 1 is 1.24 bits per heavy atom. The first kappa shape index (κ1) is 12.3. The molecular formula is C14H15BrN2. The summed E-state index contributed by atoms with van der Waals surface area (Å²) in [6, 6.07) is 10.5. The Morgan fingerprint density at radius 3 is 2.71 bits per heavy atom. The van der Waals surface area contributed by atoms with Gasteiger partial charge in [-0.2, -0.15) is 0 Å². The number of benzene rings is 1. The second-order valence-electron chi connectivity index (χ2n) is 3.96. The third-order valence-electron chi connectivity index (χ3n) is 2.93. The van der Waals surface area contributed by atoms with Crippen molar-refractivity contribution >= 4 is 15.9 Å². The van der Waals surface area contributed by atoms with Crippen molar-refractivity contribution in [1.29, 1.82) is 0 Å². The molecule has 0 bridgehead atoms. The van der Waals surface area contributed by atoms with Crippen LogP contribution in [0.25, 0.3) is 0 Å². The van der Waals surface area contributed by atoms with Gasteiger partial charge in [0.25, 0.3) is 0 Å². The van der Waals surface area contributed by atoms with E-state index in [0.29, 0.717) is 0 Å². The number of rotatable bonds is 3. The quantitative estimate of drug-likeness (QED) is 0.936. The predicted octanol–water partition coefficient (Wildman–Crippen LogP) is 3.46. The summed E-state index contributed by atoms with van der Waals surface area (Å²) in [6.07, 6.45) is 3.70. The minimum absolute atomic E-state index is 0.182. The first-order valence-corrected chi connectivity index (χ1v) is 6.35. The molecule has 17 heavy (non-hydrogen) atoms. The molecular weight excluding hydrogens is 276 g/mol. The normalized spacial score (nSPS) is 12.4. The molecule has 2 aromatic rings. The zero-order valence-corrected chi connectivity index (χ0v) is 11.5. The van der Waals surface area contributed by atoms with Crippen molar-refractivity contribution in [2.24, 2.45) is 0 Å². The second-order valence-corrected chi connectivity index (χ2v) is 4.82. The zero-order chi connectivity index (χ0) is 12.3. The van der Waals surface area contributed by atoms with Crippen molar-refractivity contribution < 1.29 is 0 Å². The third kappa shape index (κ3) is 2.56. The summed E-state index contributed by atoms with van der Waals surface area (Å²) in [6.45, 7) is 2.13. The van der Waals surface area contributed by atoms with Crippen LogP contribution >= 0.6 is 15.9 Å². The van der Waals surface area contributed by atoms with Gasteiger partial charge in [0, 0.05) is 16.9 Å². The average molecular weight is 291 g/mol. The zero-order valence-electron chi connectivity index (χ0n) is 9.94. The second kappa shape index (κ2) is 5.43. The number of hydrogen-bond donors (Lipinski definition) is 1. The molecule has 0 saturated heterocycles. The Labute approximate surface area is 110 Å². The van der Waals surface area contributed by atoms with E-state index in [4.69, 9.17) is 0 Å². The van der Waals surface area contributed by atoms with Gasteiger partial charge in [-0.1, -0.05) is 34.1 Å². The van der Waals surface area contributed by atoms with Crippen LogP contribution < -0.4 is 5.32 Å². The minimum atomic E-state index is 0.182. The van der Waals surface area contributed by atoms with Crippen LogP contribution in [0.3, 0.4) is 0 Å². The summed E-state index contributed by atoms with van der Waals surface area (Å²) in [4.78, 5) is 4.18. The van der Waals surface area contributed by atoms with Crippen LogP contribution in [0.15, 0.2) is 47.2 Å². The molecule has 1 heterocycles. The number of hydrogen-bond acceptors (Lipinski definition) is 2. The highest BCUT2D eigenvalue weighted by Gasteiger charge is 2.14. The molecule has 0 fully saturated rings. The molecule has 0 radical (unpaired) electrons. The molecule has 1 unspecified atom stereocenters. The van der Waals surface area contributed by atoms with Gasteiger partial charge in [0.05, 0.1) is 6.04 Å². The molecule has 0 spiro atoms. The number of nitrogens with zero attached hydrogens (tertiary/aromatic N) is 1. The molecule has 1 N–H and O–H groups in total. The maximum absolute atomic E-state index is 4.18. The molecule has 0 aliphatic heterocycles. The van der Waals surface area contributed by atoms with Gasteiger partial charge in [0.15, 0.2) is 0 Å². The highest BCUT2D eigenvalue weighted by Crippen LogP contribution is 2.28. The fourth-order valence-electron chi connectivity index (χ4n) is 1.99. The van der Waals surface area contributed by atoms with Crippen molar-refractivity contribution in [3.63, 3.8) is 0 Å². The monoisotopic (exact) mass is 290 g/mol. The number of nitrogens with one attached hydrogen (secondary N) is 1. The maximum atomic E-state index is 4.18. The van der Waals surface area contributed by atoms with Gasteiger partial charge in [0.1, 0.15) is 0 Å². The van der Waals surface area contributed by atoms with E-state index in [1.165, 1.54) is 16.7 Å². The Kier molecular flexibility index (Phi) is 3.92. The Morgan fingerprint density at radius 2 is 2.06 bits per heavy atom. The minimum Gasteiger partial charge on any atom is -0.309 e. The molecule has 2 nitrogen and oxygen atoms in total. The van der Waals surface area contributed by atoms with Crippen LogP contribution in [-0.4, -0.2) is 12.0 Å². The smallest absolute Gasteiger partial charge is 0.0592 e. The van der Waals surface area contributed by atoms with Crippen LogP contribution in [0.4, 0.5) is 0 Å². The fraction of sp³-hybridized carbons (Fsp3) is 0.214. The van der Waals surface area contributed by atoms with E-state index in [2.05, 4.69) is 57.4 Å². The van der Waals surface area contributed by atoms with E-state index >= 15 is 0 Å². The first-order chi connectivity index (χ1) is 8.24. The van der Waals surface area contributed by atoms with Gasteiger partial charge < -0.3 is 5.32 Å². The lowest BCUT2D eigenvalue weighted by atomic mass is 9.96. The number of halogens is 1. The fourth-order valence-corrected chi connectivity index (χ4v) is 2.37. The number of pyridine rings is 1. The molecule has 3 heteroatoms. The van der Waals surface area contributed by atoms with Crippen molar-refractivity contribution in [3.8, 4) is 0 Å². The molecule has 0 amide bonds. The standard InChI is InChI=1S/C14H15BrN2/c1-10-12(6-3-7-13(10)15)14(16-2)11-5-4-8-17-9-11/h3-9,14,16H,1-2H3. The number of aromatic nitrogens is 1. The van der Waals surface area contributed by atoms with Gasteiger partial charge in [-0.15, -0.1) is 0 Å². The van der Waals surface area contributed by atoms with Crippen LogP contribution in [0.5, 0.6) is 0 Å². The van der Waals surface area contributed by atoms with E-state index in [9.17, 15) is 0 Å². The van der Waals surface area contributed by atoms with Crippen LogP contribution in [-0.2, 0) is 0 Å². The van der Waals surface area contributed by atoms with Crippen molar-refractivity contribution in [1.82, 2.24) is 10.3 Å². The summed E-state index contributed by atoms with van der Waals surface area (Å²) in [7, 11) is 1.97. The van der Waals surface area contributed by atoms with E-state index in [1.54, 1.807) is 6.20 Å². The van der Waals surface area contributed by atoms with E-state index < -0.39 is 0 Å². The SMILES string of the molecule is CNC(c1cccnc1)c1cccc(Br)c1C. The van der Waals surface area contributed by atoms with Gasteiger partial charge >= 0.3 is 0 Å². The maximum Gasteiger partial charge on any atom is 0.0592 e. The molecule has 1 aromatic heterocycles. The highest BCUT2D eigenvalue weighted by molar-refractivity contribution is 9.10. The van der Waals surface area contributed by atoms with Gasteiger partial charge in [-0.05, 0) is 42.8 Å². The predicted molar refractivity (Wildman–Crippen MR) is 74.0 cm³/mol. The summed E-state index contributed by atoms with van der Waals surface area (Å²) in [5.41, 5.74) is 3.71. The molecule has 0 saturated carbocycles. The van der Waals surface area contributed by atoms with Crippen LogP contribution in [0.1, 0.15) is 22.7 Å². The lowest BCUT2D eigenvalue weighted by molar-refractivity contribution is 0.684. The van der Waals surface area contributed by atoms with Crippen molar-refractivity contribution in [2.45, 2.75) is 13.0 Å². The Balaban J connectivity index is 2.46. The topological polar surface area (TPSA) is 24.9 Å². The van der Waals surface area contributed by atoms with E-state index in [-0.39, 0.29) is 6.04 Å². The van der Waals surface area contributed by atoms with Gasteiger partial charge in [-0.25, -0.2) is 0 Å². The summed E-state index contributed by atoms with van der Waals surface area (Å²) in [5.74, 6) is 0. The van der Waals surface area contributed by atoms with Crippen LogP contribution in [0, 0.1) is 6.92 Å². The Hall–Kier alpha value is -1.19. The molecule has 0 aliphatic carbocycles. The molecule has 1 aromatic carbocycles.